The smallest absolute Gasteiger partial charge is 0.330 e. The first-order valence-corrected chi connectivity index (χ1v) is 7.40. The first-order valence-electron chi connectivity index (χ1n) is 6.35. The molecule has 1 aliphatic heterocycles. The van der Waals surface area contributed by atoms with Crippen LogP contribution < -0.4 is 5.73 Å². The van der Waals surface area contributed by atoms with Crippen LogP contribution in [0.2, 0.25) is 0 Å². The number of primary amides is 1. The summed E-state index contributed by atoms with van der Waals surface area (Å²) < 4.78 is 10.3. The van der Waals surface area contributed by atoms with Gasteiger partial charge in [0, 0.05) is 12.7 Å². The number of esters is 1. The third kappa shape index (κ3) is 3.21. The minimum Gasteiger partial charge on any atom is -0.466 e. The van der Waals surface area contributed by atoms with Crippen molar-refractivity contribution in [3.05, 3.63) is 24.2 Å². The van der Waals surface area contributed by atoms with Crippen LogP contribution in [0.25, 0.3) is 0 Å². The van der Waals surface area contributed by atoms with Gasteiger partial charge in [-0.3, -0.25) is 9.59 Å². The van der Waals surface area contributed by atoms with Crippen molar-refractivity contribution in [2.45, 2.75) is 31.4 Å². The number of ether oxygens (including phenoxy) is 1. The van der Waals surface area contributed by atoms with E-state index in [0.29, 0.717) is 11.5 Å². The standard InChI is InChI=1S/C13H16N2O5S/c1-7(11(14)17)20-13(18)9-6-21-12(15(9)8(2)16)10-4-3-5-19-10/h3-5,7,9,12H,6H2,1-2H3,(H2,14,17)/t7-,9+,12+/m0/s1. The molecule has 3 atom stereocenters. The van der Waals surface area contributed by atoms with Gasteiger partial charge in [-0.15, -0.1) is 11.8 Å². The van der Waals surface area contributed by atoms with E-state index in [2.05, 4.69) is 0 Å². The zero-order valence-electron chi connectivity index (χ0n) is 11.6. The van der Waals surface area contributed by atoms with Crippen molar-refractivity contribution in [3.63, 3.8) is 0 Å². The molecule has 0 aliphatic carbocycles. The van der Waals surface area contributed by atoms with Crippen molar-refractivity contribution in [1.29, 1.82) is 0 Å². The molecule has 1 aromatic rings. The summed E-state index contributed by atoms with van der Waals surface area (Å²) in [6.45, 7) is 2.77. The van der Waals surface area contributed by atoms with Crippen LogP contribution in [0, 0.1) is 0 Å². The minimum absolute atomic E-state index is 0.268. The van der Waals surface area contributed by atoms with Gasteiger partial charge in [-0.2, -0.15) is 0 Å². The average molecular weight is 312 g/mol. The molecule has 8 heteroatoms. The van der Waals surface area contributed by atoms with E-state index in [1.807, 2.05) is 0 Å². The summed E-state index contributed by atoms with van der Waals surface area (Å²) in [7, 11) is 0. The Morgan fingerprint density at radius 1 is 1.52 bits per heavy atom. The van der Waals surface area contributed by atoms with Crippen molar-refractivity contribution < 1.29 is 23.5 Å². The van der Waals surface area contributed by atoms with E-state index >= 15 is 0 Å². The number of carbonyl (C=O) groups is 3. The molecule has 2 N–H and O–H groups in total. The Kier molecular flexibility index (Phi) is 4.56. The van der Waals surface area contributed by atoms with Gasteiger partial charge in [0.15, 0.2) is 6.10 Å². The van der Waals surface area contributed by atoms with Crippen LogP contribution in [0.3, 0.4) is 0 Å². The number of thioether (sulfide) groups is 1. The number of nitrogens with zero attached hydrogens (tertiary/aromatic N) is 1. The Bertz CT molecular complexity index is 545. The fourth-order valence-corrected chi connectivity index (χ4v) is 3.45. The van der Waals surface area contributed by atoms with E-state index in [4.69, 9.17) is 14.9 Å². The molecule has 1 fully saturated rings. The number of furan rings is 1. The van der Waals surface area contributed by atoms with E-state index in [1.165, 1.54) is 36.8 Å². The summed E-state index contributed by atoms with van der Waals surface area (Å²) in [5, 5.41) is -0.376. The number of carbonyl (C=O) groups excluding carboxylic acids is 3. The molecule has 0 radical (unpaired) electrons. The summed E-state index contributed by atoms with van der Waals surface area (Å²) in [5.41, 5.74) is 5.06. The predicted molar refractivity (Wildman–Crippen MR) is 75.0 cm³/mol. The van der Waals surface area contributed by atoms with Crippen LogP contribution in [-0.2, 0) is 19.1 Å². The summed E-state index contributed by atoms with van der Waals surface area (Å²) >= 11 is 1.40. The van der Waals surface area contributed by atoms with Gasteiger partial charge in [-0.25, -0.2) is 4.79 Å². The SMILES string of the molecule is CC(=O)N1[C@@H](C(=O)O[C@@H](C)C(N)=O)CS[C@@H]1c1ccco1. The fraction of sp³-hybridized carbons (Fsp3) is 0.462. The maximum atomic E-state index is 12.1. The van der Waals surface area contributed by atoms with E-state index in [-0.39, 0.29) is 11.3 Å². The Labute approximate surface area is 125 Å². The normalized spacial score (nSPS) is 22.9. The highest BCUT2D eigenvalue weighted by Gasteiger charge is 2.43. The van der Waals surface area contributed by atoms with Gasteiger partial charge in [-0.05, 0) is 19.1 Å². The minimum atomic E-state index is -1.03. The molecule has 2 rings (SSSR count). The monoisotopic (exact) mass is 312 g/mol. The maximum Gasteiger partial charge on any atom is 0.330 e. The van der Waals surface area contributed by atoms with E-state index in [0.717, 1.165) is 0 Å². The second-order valence-corrected chi connectivity index (χ2v) is 5.74. The molecule has 21 heavy (non-hydrogen) atoms. The summed E-state index contributed by atoms with van der Waals surface area (Å²) in [6.07, 6.45) is 0.480. The quantitative estimate of drug-likeness (QED) is 0.819. The fourth-order valence-electron chi connectivity index (χ4n) is 2.03. The number of nitrogens with two attached hydrogens (primary N) is 1. The zero-order chi connectivity index (χ0) is 15.6. The first-order chi connectivity index (χ1) is 9.91. The van der Waals surface area contributed by atoms with Gasteiger partial charge in [0.05, 0.1) is 6.26 Å². The van der Waals surface area contributed by atoms with Crippen LogP contribution in [0.5, 0.6) is 0 Å². The van der Waals surface area contributed by atoms with E-state index < -0.39 is 24.0 Å². The number of amides is 2. The molecule has 0 saturated carbocycles. The molecular weight excluding hydrogens is 296 g/mol. The lowest BCUT2D eigenvalue weighted by Crippen LogP contribution is -2.44. The van der Waals surface area contributed by atoms with Crippen molar-refractivity contribution in [1.82, 2.24) is 4.90 Å². The summed E-state index contributed by atoms with van der Waals surface area (Å²) in [6, 6.07) is 2.70. The Morgan fingerprint density at radius 2 is 2.24 bits per heavy atom. The molecule has 1 saturated heterocycles. The van der Waals surface area contributed by atoms with E-state index in [1.54, 1.807) is 12.1 Å². The molecular formula is C13H16N2O5S. The Morgan fingerprint density at radius 3 is 2.76 bits per heavy atom. The highest BCUT2D eigenvalue weighted by atomic mass is 32.2. The zero-order valence-corrected chi connectivity index (χ0v) is 12.5. The molecule has 7 nitrogen and oxygen atoms in total. The molecule has 2 amide bonds. The van der Waals surface area contributed by atoms with Crippen LogP contribution in [0.15, 0.2) is 22.8 Å². The van der Waals surface area contributed by atoms with Crippen LogP contribution >= 0.6 is 11.8 Å². The predicted octanol–water partition coefficient (Wildman–Crippen LogP) is 0.659. The van der Waals surface area contributed by atoms with Crippen molar-refractivity contribution in [2.24, 2.45) is 5.73 Å². The van der Waals surface area contributed by atoms with E-state index in [9.17, 15) is 14.4 Å². The summed E-state index contributed by atoms with van der Waals surface area (Å²) in [4.78, 5) is 36.3. The lowest BCUT2D eigenvalue weighted by Gasteiger charge is -2.26. The molecule has 114 valence electrons. The van der Waals surface area contributed by atoms with Gasteiger partial charge in [-0.1, -0.05) is 0 Å². The number of hydrogen-bond acceptors (Lipinski definition) is 6. The Balaban J connectivity index is 2.15. The van der Waals surface area contributed by atoms with Gasteiger partial charge in [0.2, 0.25) is 5.91 Å². The molecule has 1 aromatic heterocycles. The average Bonchev–Trinajstić information content (AvgIpc) is 3.06. The second kappa shape index (κ2) is 6.21. The number of hydrogen-bond donors (Lipinski definition) is 1. The third-order valence-corrected chi connectivity index (χ3v) is 4.40. The molecule has 0 unspecified atom stereocenters. The third-order valence-electron chi connectivity index (χ3n) is 3.12. The van der Waals surface area contributed by atoms with Crippen molar-refractivity contribution in [2.75, 3.05) is 5.75 Å². The lowest BCUT2D eigenvalue weighted by molar-refractivity contribution is -0.160. The second-order valence-electron chi connectivity index (χ2n) is 4.62. The van der Waals surface area contributed by atoms with Gasteiger partial charge in [0.25, 0.3) is 5.91 Å². The number of rotatable bonds is 4. The lowest BCUT2D eigenvalue weighted by atomic mass is 10.2. The van der Waals surface area contributed by atoms with Gasteiger partial charge >= 0.3 is 5.97 Å². The van der Waals surface area contributed by atoms with Crippen LogP contribution in [0.4, 0.5) is 0 Å². The van der Waals surface area contributed by atoms with Gasteiger partial charge in [0.1, 0.15) is 17.2 Å². The molecule has 0 spiro atoms. The van der Waals surface area contributed by atoms with Gasteiger partial charge < -0.3 is 19.8 Å². The van der Waals surface area contributed by atoms with Crippen LogP contribution in [-0.4, -0.2) is 40.6 Å². The Hall–Kier alpha value is -1.96. The molecule has 0 bridgehead atoms. The maximum absolute atomic E-state index is 12.1. The molecule has 1 aliphatic rings. The topological polar surface area (TPSA) is 103 Å². The summed E-state index contributed by atoms with van der Waals surface area (Å²) in [5.74, 6) is -0.678. The van der Waals surface area contributed by atoms with Crippen LogP contribution in [0.1, 0.15) is 25.0 Å². The van der Waals surface area contributed by atoms with Crippen molar-refractivity contribution >= 4 is 29.5 Å². The highest BCUT2D eigenvalue weighted by molar-refractivity contribution is 7.99. The first kappa shape index (κ1) is 15.4. The van der Waals surface area contributed by atoms with Crippen molar-refractivity contribution in [3.8, 4) is 0 Å². The largest absolute Gasteiger partial charge is 0.466 e. The molecule has 2 heterocycles. The highest BCUT2D eigenvalue weighted by Crippen LogP contribution is 2.41. The molecule has 0 aromatic carbocycles.